The summed E-state index contributed by atoms with van der Waals surface area (Å²) >= 11 is 0. The zero-order valence-corrected chi connectivity index (χ0v) is 16.6. The van der Waals surface area contributed by atoms with Crippen LogP contribution < -0.4 is 16.0 Å². The van der Waals surface area contributed by atoms with Crippen LogP contribution in [0.4, 0.5) is 4.79 Å². The Labute approximate surface area is 170 Å². The molecule has 0 aromatic carbocycles. The minimum absolute atomic E-state index is 0.0605. The molecule has 9 heteroatoms. The number of carbonyl (C=O) groups excluding carboxylic acids is 2. The molecule has 0 aromatic heterocycles. The van der Waals surface area contributed by atoms with Crippen LogP contribution in [0.5, 0.6) is 0 Å². The van der Waals surface area contributed by atoms with Crippen LogP contribution in [0.3, 0.4) is 0 Å². The van der Waals surface area contributed by atoms with Gasteiger partial charge in [0.05, 0.1) is 0 Å². The summed E-state index contributed by atoms with van der Waals surface area (Å²) in [7, 11) is 0. The van der Waals surface area contributed by atoms with Crippen molar-refractivity contribution in [2.75, 3.05) is 6.54 Å². The van der Waals surface area contributed by atoms with Crippen molar-refractivity contribution in [1.82, 2.24) is 16.0 Å². The van der Waals surface area contributed by atoms with E-state index < -0.39 is 23.9 Å². The predicted octanol–water partition coefficient (Wildman–Crippen LogP) is 1.47. The first-order chi connectivity index (χ1) is 13.7. The molecule has 4 saturated carbocycles. The lowest BCUT2D eigenvalue weighted by Gasteiger charge is -2.56. The molecule has 0 unspecified atom stereocenters. The number of amides is 3. The monoisotopic (exact) mass is 409 g/mol. The van der Waals surface area contributed by atoms with E-state index >= 15 is 0 Å². The van der Waals surface area contributed by atoms with Crippen LogP contribution in [0.25, 0.3) is 0 Å². The maximum Gasteiger partial charge on any atom is 0.326 e. The second-order valence-corrected chi connectivity index (χ2v) is 9.07. The van der Waals surface area contributed by atoms with Crippen molar-refractivity contribution >= 4 is 23.9 Å². The van der Waals surface area contributed by atoms with Gasteiger partial charge in [-0.25, -0.2) is 9.59 Å². The number of carbonyl (C=O) groups is 4. The predicted molar refractivity (Wildman–Crippen MR) is 103 cm³/mol. The highest BCUT2D eigenvalue weighted by Crippen LogP contribution is 2.55. The molecule has 29 heavy (non-hydrogen) atoms. The van der Waals surface area contributed by atoms with Crippen LogP contribution in [0, 0.1) is 17.8 Å². The van der Waals surface area contributed by atoms with Gasteiger partial charge in [-0.15, -0.1) is 0 Å². The molecule has 0 heterocycles. The molecule has 0 aromatic rings. The molecule has 0 spiro atoms. The Hall–Kier alpha value is -2.32. The first-order valence-corrected chi connectivity index (χ1v) is 10.5. The highest BCUT2D eigenvalue weighted by Gasteiger charge is 2.51. The Morgan fingerprint density at radius 1 is 0.931 bits per heavy atom. The lowest BCUT2D eigenvalue weighted by atomic mass is 9.53. The van der Waals surface area contributed by atoms with Crippen molar-refractivity contribution in [2.45, 2.75) is 75.8 Å². The number of hydrogen-bond donors (Lipinski definition) is 5. The number of carboxylic acids is 2. The van der Waals surface area contributed by atoms with Gasteiger partial charge in [-0.1, -0.05) is 0 Å². The molecule has 4 aliphatic carbocycles. The minimum atomic E-state index is -1.26. The molecule has 3 amide bonds. The van der Waals surface area contributed by atoms with Gasteiger partial charge >= 0.3 is 18.0 Å². The van der Waals surface area contributed by atoms with Gasteiger partial charge in [0.25, 0.3) is 0 Å². The largest absolute Gasteiger partial charge is 0.481 e. The third-order valence-electron chi connectivity index (χ3n) is 6.56. The van der Waals surface area contributed by atoms with Crippen LogP contribution in [-0.2, 0) is 14.4 Å². The quantitative estimate of drug-likeness (QED) is 0.346. The molecular formula is C20H31N3O6. The number of urea groups is 1. The van der Waals surface area contributed by atoms with E-state index in [9.17, 15) is 19.2 Å². The summed E-state index contributed by atoms with van der Waals surface area (Å²) in [4.78, 5) is 45.9. The van der Waals surface area contributed by atoms with Gasteiger partial charge in [0.15, 0.2) is 0 Å². The zero-order chi connectivity index (χ0) is 21.0. The summed E-state index contributed by atoms with van der Waals surface area (Å²) in [6.07, 6.45) is 7.08. The van der Waals surface area contributed by atoms with Crippen molar-refractivity contribution in [1.29, 1.82) is 0 Å². The molecule has 0 aliphatic heterocycles. The average molecular weight is 409 g/mol. The SMILES string of the molecule is O=C(O)CC[C@H](NC(=O)CCCNC(=O)NC12CC3CC(CC(C3)C1)C2)C(=O)O. The molecule has 162 valence electrons. The number of hydrogen-bond acceptors (Lipinski definition) is 4. The Bertz CT molecular complexity index is 629. The summed E-state index contributed by atoms with van der Waals surface area (Å²) in [5, 5.41) is 26.0. The Kier molecular flexibility index (Phi) is 6.64. The molecule has 4 fully saturated rings. The fourth-order valence-electron chi connectivity index (χ4n) is 5.79. The fourth-order valence-corrected chi connectivity index (χ4v) is 5.79. The number of nitrogens with one attached hydrogen (secondary N) is 3. The number of rotatable bonds is 10. The maximum absolute atomic E-state index is 12.3. The van der Waals surface area contributed by atoms with E-state index in [-0.39, 0.29) is 30.8 Å². The van der Waals surface area contributed by atoms with Gasteiger partial charge in [-0.05, 0) is 69.1 Å². The summed E-state index contributed by atoms with van der Waals surface area (Å²) in [6, 6.07) is -1.41. The van der Waals surface area contributed by atoms with Crippen molar-refractivity contribution < 1.29 is 29.4 Å². The van der Waals surface area contributed by atoms with Crippen LogP contribution in [-0.4, -0.2) is 52.2 Å². The number of carboxylic acid groups (broad SMARTS) is 2. The topological polar surface area (TPSA) is 145 Å². The smallest absolute Gasteiger partial charge is 0.326 e. The number of aliphatic carboxylic acids is 2. The maximum atomic E-state index is 12.3. The van der Waals surface area contributed by atoms with Crippen molar-refractivity contribution in [3.05, 3.63) is 0 Å². The minimum Gasteiger partial charge on any atom is -0.481 e. The van der Waals surface area contributed by atoms with Gasteiger partial charge in [0.1, 0.15) is 6.04 Å². The van der Waals surface area contributed by atoms with Crippen molar-refractivity contribution in [2.24, 2.45) is 17.8 Å². The van der Waals surface area contributed by atoms with Gasteiger partial charge in [0, 0.05) is 24.9 Å². The summed E-state index contributed by atoms with van der Waals surface area (Å²) < 4.78 is 0. The first kappa shape index (κ1) is 21.4. The molecule has 9 nitrogen and oxygen atoms in total. The first-order valence-electron chi connectivity index (χ1n) is 10.5. The molecule has 1 atom stereocenters. The second kappa shape index (κ2) is 9.00. The average Bonchev–Trinajstić information content (AvgIpc) is 2.60. The highest BCUT2D eigenvalue weighted by molar-refractivity contribution is 5.84. The van der Waals surface area contributed by atoms with Crippen LogP contribution in [0.2, 0.25) is 0 Å². The lowest BCUT2D eigenvalue weighted by molar-refractivity contribution is -0.143. The molecule has 0 radical (unpaired) electrons. The van der Waals surface area contributed by atoms with Gasteiger partial charge in [-0.2, -0.15) is 0 Å². The summed E-state index contributed by atoms with van der Waals surface area (Å²) in [6.45, 7) is 0.318. The summed E-state index contributed by atoms with van der Waals surface area (Å²) in [5.74, 6) is -0.603. The standard InChI is InChI=1S/C20H31N3O6/c24-16(22-15(18(27)28)3-4-17(25)26)2-1-5-21-19(29)23-20-9-12-6-13(10-20)8-14(7-12)11-20/h12-15H,1-11H2,(H,22,24)(H,25,26)(H,27,28)(H2,21,23,29)/t12?,13?,14?,15-,20?/m0/s1. The Morgan fingerprint density at radius 3 is 2.03 bits per heavy atom. The van der Waals surface area contributed by atoms with E-state index in [0.29, 0.717) is 13.0 Å². The lowest BCUT2D eigenvalue weighted by Crippen LogP contribution is -2.61. The van der Waals surface area contributed by atoms with Crippen molar-refractivity contribution in [3.8, 4) is 0 Å². The van der Waals surface area contributed by atoms with Crippen LogP contribution in [0.15, 0.2) is 0 Å². The second-order valence-electron chi connectivity index (χ2n) is 9.07. The third-order valence-corrected chi connectivity index (χ3v) is 6.56. The van der Waals surface area contributed by atoms with E-state index in [1.165, 1.54) is 19.3 Å². The molecule has 5 N–H and O–H groups in total. The molecule has 4 rings (SSSR count). The Morgan fingerprint density at radius 2 is 1.52 bits per heavy atom. The summed E-state index contributed by atoms with van der Waals surface area (Å²) in [5.41, 5.74) is -0.0605. The van der Waals surface area contributed by atoms with E-state index in [2.05, 4.69) is 16.0 Å². The molecule has 4 aliphatic rings. The normalized spacial score (nSPS) is 30.4. The molecule has 4 bridgehead atoms. The fraction of sp³-hybridized carbons (Fsp3) is 0.800. The van der Waals surface area contributed by atoms with Crippen molar-refractivity contribution in [3.63, 3.8) is 0 Å². The zero-order valence-electron chi connectivity index (χ0n) is 16.6. The van der Waals surface area contributed by atoms with Gasteiger partial charge in [-0.3, -0.25) is 9.59 Å². The van der Waals surface area contributed by atoms with Crippen LogP contribution in [0.1, 0.15) is 64.2 Å². The van der Waals surface area contributed by atoms with E-state index in [1.54, 1.807) is 0 Å². The molecule has 0 saturated heterocycles. The van der Waals surface area contributed by atoms with E-state index in [0.717, 1.165) is 37.0 Å². The van der Waals surface area contributed by atoms with E-state index in [4.69, 9.17) is 10.2 Å². The Balaban J connectivity index is 1.33. The van der Waals surface area contributed by atoms with Gasteiger partial charge in [0.2, 0.25) is 5.91 Å². The van der Waals surface area contributed by atoms with Crippen LogP contribution >= 0.6 is 0 Å². The third kappa shape index (κ3) is 5.83. The van der Waals surface area contributed by atoms with Gasteiger partial charge < -0.3 is 26.2 Å². The van der Waals surface area contributed by atoms with E-state index in [1.807, 2.05) is 0 Å². The highest BCUT2D eigenvalue weighted by atomic mass is 16.4. The molecular weight excluding hydrogens is 378 g/mol.